The zero-order valence-corrected chi connectivity index (χ0v) is 15.7. The van der Waals surface area contributed by atoms with E-state index in [-0.39, 0.29) is 17.3 Å². The summed E-state index contributed by atoms with van der Waals surface area (Å²) in [7, 11) is 0. The molecule has 5 rings (SSSR count). The molecule has 2 heterocycles. The lowest BCUT2D eigenvalue weighted by atomic mass is 9.42. The van der Waals surface area contributed by atoms with Gasteiger partial charge >= 0.3 is 5.97 Å². The van der Waals surface area contributed by atoms with Crippen LogP contribution >= 0.6 is 0 Å². The highest BCUT2D eigenvalue weighted by atomic mass is 17.2. The number of fused-ring (bicyclic) bond motifs is 3. The van der Waals surface area contributed by atoms with Gasteiger partial charge < -0.3 is 10.2 Å². The molecule has 2 aliphatic heterocycles. The number of rotatable bonds is 2. The number of aliphatic carboxylic acids is 1. The van der Waals surface area contributed by atoms with E-state index in [2.05, 4.69) is 26.8 Å². The fourth-order valence-corrected chi connectivity index (χ4v) is 6.38. The Kier molecular flexibility index (Phi) is 3.56. The molecule has 1 spiro atoms. The molecule has 5 nitrogen and oxygen atoms in total. The topological polar surface area (TPSA) is 76.0 Å². The molecule has 3 fully saturated rings. The number of carboxylic acid groups (broad SMARTS) is 1. The zero-order valence-electron chi connectivity index (χ0n) is 15.7. The molecule has 5 aliphatic rings. The Bertz CT molecular complexity index is 630. The van der Waals surface area contributed by atoms with Crippen molar-refractivity contribution in [1.29, 1.82) is 0 Å². The van der Waals surface area contributed by atoms with Crippen LogP contribution in [0.15, 0.2) is 11.6 Å². The molecule has 25 heavy (non-hydrogen) atoms. The largest absolute Gasteiger partial charge is 0.481 e. The monoisotopic (exact) mass is 350 g/mol. The maximum atomic E-state index is 12.1. The van der Waals surface area contributed by atoms with E-state index in [0.29, 0.717) is 12.8 Å². The lowest BCUT2D eigenvalue weighted by Gasteiger charge is -2.67. The molecule has 140 valence electrons. The predicted molar refractivity (Wildman–Crippen MR) is 91.6 cm³/mol. The van der Waals surface area contributed by atoms with E-state index >= 15 is 0 Å². The van der Waals surface area contributed by atoms with Crippen molar-refractivity contribution >= 4 is 5.97 Å². The molecule has 6 atom stereocenters. The Balaban J connectivity index is 1.86. The minimum absolute atomic E-state index is 0.133. The third kappa shape index (κ3) is 1.92. The first-order valence-electron chi connectivity index (χ1n) is 9.63. The summed E-state index contributed by atoms with van der Waals surface area (Å²) >= 11 is 0. The van der Waals surface area contributed by atoms with Gasteiger partial charge in [0.15, 0.2) is 0 Å². The Labute approximate surface area is 149 Å². The van der Waals surface area contributed by atoms with Crippen LogP contribution in [0.1, 0.15) is 66.2 Å². The molecule has 0 aromatic rings. The van der Waals surface area contributed by atoms with Gasteiger partial charge in [-0.1, -0.05) is 27.2 Å². The average Bonchev–Trinajstić information content (AvgIpc) is 2.58. The summed E-state index contributed by atoms with van der Waals surface area (Å²) in [4.78, 5) is 24.2. The molecule has 0 aromatic carbocycles. The second kappa shape index (κ2) is 5.08. The van der Waals surface area contributed by atoms with Gasteiger partial charge in [-0.2, -0.15) is 0 Å². The van der Waals surface area contributed by atoms with E-state index in [0.717, 1.165) is 31.3 Å². The number of hydrogen-bond donors (Lipinski definition) is 2. The van der Waals surface area contributed by atoms with Gasteiger partial charge in [0.05, 0.1) is 11.5 Å². The molecule has 2 saturated carbocycles. The summed E-state index contributed by atoms with van der Waals surface area (Å²) < 4.78 is 0. The molecule has 1 saturated heterocycles. The van der Waals surface area contributed by atoms with Crippen molar-refractivity contribution < 1.29 is 24.8 Å². The van der Waals surface area contributed by atoms with Gasteiger partial charge in [-0.05, 0) is 62.5 Å². The first kappa shape index (κ1) is 17.5. The SMILES string of the molecule is CC(C)[C@]12C=C3[C@H](O)C[C@H]4[C@](C)(C(=O)O)CCC[C@]4(C)[C@@]3(CC1)OO2. The zero-order chi connectivity index (χ0) is 18.3. The number of hydrogen-bond acceptors (Lipinski definition) is 4. The lowest BCUT2D eigenvalue weighted by molar-refractivity contribution is -0.467. The third-order valence-electron chi connectivity index (χ3n) is 8.21. The van der Waals surface area contributed by atoms with Crippen LogP contribution in [0.4, 0.5) is 0 Å². The maximum absolute atomic E-state index is 12.1. The summed E-state index contributed by atoms with van der Waals surface area (Å²) in [5.74, 6) is -0.637. The predicted octanol–water partition coefficient (Wildman–Crippen LogP) is 3.46. The summed E-state index contributed by atoms with van der Waals surface area (Å²) in [5, 5.41) is 20.9. The number of aliphatic hydroxyl groups excluding tert-OH is 1. The molecular formula is C20H30O5. The summed E-state index contributed by atoms with van der Waals surface area (Å²) in [6, 6.07) is 0. The summed E-state index contributed by atoms with van der Waals surface area (Å²) in [6.07, 6.45) is 6.01. The average molecular weight is 350 g/mol. The van der Waals surface area contributed by atoms with Crippen LogP contribution in [-0.4, -0.2) is 33.5 Å². The minimum atomic E-state index is -0.832. The van der Waals surface area contributed by atoms with E-state index < -0.39 is 28.7 Å². The van der Waals surface area contributed by atoms with Gasteiger partial charge in [-0.25, -0.2) is 9.78 Å². The molecule has 0 amide bonds. The molecule has 2 bridgehead atoms. The normalized spacial score (nSPS) is 51.7. The van der Waals surface area contributed by atoms with Crippen molar-refractivity contribution in [2.45, 2.75) is 83.5 Å². The quantitative estimate of drug-likeness (QED) is 0.589. The van der Waals surface area contributed by atoms with Crippen LogP contribution in [-0.2, 0) is 14.6 Å². The molecule has 0 radical (unpaired) electrons. The smallest absolute Gasteiger partial charge is 0.309 e. The van der Waals surface area contributed by atoms with Crippen molar-refractivity contribution in [2.75, 3.05) is 0 Å². The fraction of sp³-hybridized carbons (Fsp3) is 0.850. The molecule has 2 N–H and O–H groups in total. The van der Waals surface area contributed by atoms with Gasteiger partial charge in [0.1, 0.15) is 11.2 Å². The Hall–Kier alpha value is -0.910. The van der Waals surface area contributed by atoms with Crippen molar-refractivity contribution in [3.8, 4) is 0 Å². The Morgan fingerprint density at radius 3 is 2.48 bits per heavy atom. The number of aliphatic hydroxyl groups is 1. The Morgan fingerprint density at radius 2 is 1.92 bits per heavy atom. The van der Waals surface area contributed by atoms with Gasteiger partial charge in [-0.15, -0.1) is 0 Å². The van der Waals surface area contributed by atoms with Crippen LogP contribution in [0.3, 0.4) is 0 Å². The van der Waals surface area contributed by atoms with Crippen LogP contribution in [0.5, 0.6) is 0 Å². The van der Waals surface area contributed by atoms with E-state index in [1.54, 1.807) is 0 Å². The molecule has 0 aromatic heterocycles. The second-order valence-corrected chi connectivity index (χ2v) is 9.50. The highest BCUT2D eigenvalue weighted by molar-refractivity contribution is 5.75. The molecular weight excluding hydrogens is 320 g/mol. The van der Waals surface area contributed by atoms with E-state index in [1.807, 2.05) is 6.92 Å². The Morgan fingerprint density at radius 1 is 1.20 bits per heavy atom. The van der Waals surface area contributed by atoms with Crippen molar-refractivity contribution in [3.05, 3.63) is 11.6 Å². The second-order valence-electron chi connectivity index (χ2n) is 9.50. The number of carbonyl (C=O) groups is 1. The third-order valence-corrected chi connectivity index (χ3v) is 8.21. The minimum Gasteiger partial charge on any atom is -0.481 e. The van der Waals surface area contributed by atoms with Crippen LogP contribution < -0.4 is 0 Å². The number of carboxylic acids is 1. The van der Waals surface area contributed by atoms with Gasteiger partial charge in [0.2, 0.25) is 0 Å². The fourth-order valence-electron chi connectivity index (χ4n) is 6.38. The van der Waals surface area contributed by atoms with E-state index in [4.69, 9.17) is 9.78 Å². The molecule has 3 aliphatic carbocycles. The van der Waals surface area contributed by atoms with Crippen molar-refractivity contribution in [1.82, 2.24) is 0 Å². The molecule has 5 heteroatoms. The maximum Gasteiger partial charge on any atom is 0.309 e. The van der Waals surface area contributed by atoms with Crippen LogP contribution in [0.2, 0.25) is 0 Å². The summed E-state index contributed by atoms with van der Waals surface area (Å²) in [5.41, 5.74) is -1.39. The highest BCUT2D eigenvalue weighted by Gasteiger charge is 2.71. The van der Waals surface area contributed by atoms with Gasteiger partial charge in [-0.3, -0.25) is 4.79 Å². The van der Waals surface area contributed by atoms with Crippen molar-refractivity contribution in [2.24, 2.45) is 22.7 Å². The first-order chi connectivity index (χ1) is 11.6. The van der Waals surface area contributed by atoms with Crippen LogP contribution in [0, 0.1) is 22.7 Å². The van der Waals surface area contributed by atoms with Gasteiger partial charge in [0, 0.05) is 5.41 Å². The lowest BCUT2D eigenvalue weighted by Crippen LogP contribution is -2.70. The standard InChI is InChI=1S/C20H30O5/c1-12(2)19-8-9-20(25-24-19)13(11-19)14(21)10-15-17(3,16(22)23)6-5-7-18(15,20)4/h11-12,14-15,21H,5-10H2,1-4H3,(H,22,23)/t14-,15+,17-,18+,19-,20+/m1/s1. The highest BCUT2D eigenvalue weighted by Crippen LogP contribution is 2.68. The van der Waals surface area contributed by atoms with Gasteiger partial charge in [0.25, 0.3) is 0 Å². The van der Waals surface area contributed by atoms with E-state index in [1.165, 1.54) is 0 Å². The summed E-state index contributed by atoms with van der Waals surface area (Å²) in [6.45, 7) is 8.23. The van der Waals surface area contributed by atoms with E-state index in [9.17, 15) is 15.0 Å². The van der Waals surface area contributed by atoms with Crippen LogP contribution in [0.25, 0.3) is 0 Å². The molecule has 0 unspecified atom stereocenters. The van der Waals surface area contributed by atoms with Crippen molar-refractivity contribution in [3.63, 3.8) is 0 Å². The first-order valence-corrected chi connectivity index (χ1v) is 9.63.